The summed E-state index contributed by atoms with van der Waals surface area (Å²) in [6, 6.07) is 0.837. The van der Waals surface area contributed by atoms with E-state index in [1.807, 2.05) is 0 Å². The van der Waals surface area contributed by atoms with Crippen LogP contribution in [0.5, 0.6) is 0 Å². The van der Waals surface area contributed by atoms with E-state index in [0.29, 0.717) is 0 Å². The van der Waals surface area contributed by atoms with Crippen molar-refractivity contribution in [2.75, 3.05) is 18.1 Å². The summed E-state index contributed by atoms with van der Waals surface area (Å²) < 4.78 is 0. The third kappa shape index (κ3) is 3.47. The molecule has 1 aliphatic carbocycles. The summed E-state index contributed by atoms with van der Waals surface area (Å²) >= 11 is 2.10. The Hall–Kier alpha value is 0.310. The van der Waals surface area contributed by atoms with E-state index < -0.39 is 0 Å². The molecule has 14 heavy (non-hydrogen) atoms. The maximum Gasteiger partial charge on any atom is 0.0166 e. The lowest BCUT2D eigenvalue weighted by Crippen LogP contribution is -2.29. The second kappa shape index (κ2) is 6.02. The Balaban J connectivity index is 1.46. The van der Waals surface area contributed by atoms with Crippen molar-refractivity contribution in [1.82, 2.24) is 5.32 Å². The van der Waals surface area contributed by atoms with Crippen LogP contribution >= 0.6 is 11.8 Å². The summed E-state index contributed by atoms with van der Waals surface area (Å²) in [7, 11) is 0. The molecule has 0 aromatic heterocycles. The first-order valence-corrected chi connectivity index (χ1v) is 7.42. The predicted molar refractivity (Wildman–Crippen MR) is 64.9 cm³/mol. The third-order valence-corrected chi connectivity index (χ3v) is 4.79. The monoisotopic (exact) mass is 213 g/mol. The van der Waals surface area contributed by atoms with Gasteiger partial charge in [-0.1, -0.05) is 25.7 Å². The van der Waals surface area contributed by atoms with Crippen LogP contribution in [0.2, 0.25) is 0 Å². The van der Waals surface area contributed by atoms with Gasteiger partial charge in [-0.25, -0.2) is 0 Å². The molecule has 1 nitrogen and oxygen atoms in total. The normalized spacial score (nSPS) is 28.7. The van der Waals surface area contributed by atoms with E-state index in [2.05, 4.69) is 17.1 Å². The Kier molecular flexibility index (Phi) is 4.65. The number of hydrogen-bond donors (Lipinski definition) is 1. The fraction of sp³-hybridized carbons (Fsp3) is 1.00. The van der Waals surface area contributed by atoms with Gasteiger partial charge in [-0.05, 0) is 37.5 Å². The van der Waals surface area contributed by atoms with Crippen molar-refractivity contribution in [2.24, 2.45) is 5.92 Å². The van der Waals surface area contributed by atoms with Gasteiger partial charge in [0.25, 0.3) is 0 Å². The van der Waals surface area contributed by atoms with E-state index in [1.54, 1.807) is 0 Å². The number of thioether (sulfide) groups is 1. The molecule has 1 aliphatic heterocycles. The molecular weight excluding hydrogens is 190 g/mol. The zero-order valence-corrected chi connectivity index (χ0v) is 9.95. The lowest BCUT2D eigenvalue weighted by Gasteiger charge is -2.12. The highest BCUT2D eigenvalue weighted by atomic mass is 32.2. The van der Waals surface area contributed by atoms with Crippen LogP contribution in [0.3, 0.4) is 0 Å². The topological polar surface area (TPSA) is 12.0 Å². The van der Waals surface area contributed by atoms with Crippen molar-refractivity contribution < 1.29 is 0 Å². The van der Waals surface area contributed by atoms with Crippen LogP contribution in [0, 0.1) is 5.92 Å². The van der Waals surface area contributed by atoms with E-state index in [0.717, 1.165) is 12.0 Å². The molecule has 1 N–H and O–H groups in total. The number of nitrogens with one attached hydrogen (secondary N) is 1. The van der Waals surface area contributed by atoms with Gasteiger partial charge >= 0.3 is 0 Å². The molecule has 2 aliphatic rings. The van der Waals surface area contributed by atoms with E-state index in [4.69, 9.17) is 0 Å². The van der Waals surface area contributed by atoms with Crippen molar-refractivity contribution in [3.05, 3.63) is 0 Å². The summed E-state index contributed by atoms with van der Waals surface area (Å²) in [6.07, 6.45) is 10.3. The molecular formula is C12H23NS. The van der Waals surface area contributed by atoms with Gasteiger partial charge in [0.05, 0.1) is 0 Å². The van der Waals surface area contributed by atoms with Gasteiger partial charge in [-0.15, -0.1) is 0 Å². The van der Waals surface area contributed by atoms with Crippen molar-refractivity contribution in [2.45, 2.75) is 51.0 Å². The molecule has 1 atom stereocenters. The molecule has 2 rings (SSSR count). The minimum absolute atomic E-state index is 0.837. The molecule has 0 radical (unpaired) electrons. The van der Waals surface area contributed by atoms with Crippen LogP contribution in [-0.4, -0.2) is 24.1 Å². The van der Waals surface area contributed by atoms with Crippen molar-refractivity contribution in [3.8, 4) is 0 Å². The Bertz CT molecular complexity index is 130. The molecule has 2 fully saturated rings. The Labute approximate surface area is 92.4 Å². The van der Waals surface area contributed by atoms with Gasteiger partial charge in [0.2, 0.25) is 0 Å². The minimum atomic E-state index is 0.837. The van der Waals surface area contributed by atoms with Gasteiger partial charge in [0.1, 0.15) is 0 Å². The molecule has 1 heterocycles. The lowest BCUT2D eigenvalue weighted by molar-refractivity contribution is 0.454. The average molecular weight is 213 g/mol. The molecule has 0 aromatic rings. The molecule has 0 spiro atoms. The largest absolute Gasteiger partial charge is 0.313 e. The van der Waals surface area contributed by atoms with Crippen LogP contribution in [-0.2, 0) is 0 Å². The molecule has 1 saturated heterocycles. The summed E-state index contributed by atoms with van der Waals surface area (Å²) in [6.45, 7) is 1.27. The fourth-order valence-corrected chi connectivity index (χ4v) is 3.88. The highest BCUT2D eigenvalue weighted by Gasteiger charge is 2.16. The first-order valence-electron chi connectivity index (χ1n) is 6.26. The van der Waals surface area contributed by atoms with E-state index in [9.17, 15) is 0 Å². The second-order valence-electron chi connectivity index (χ2n) is 4.81. The lowest BCUT2D eigenvalue weighted by atomic mass is 10.0. The summed E-state index contributed by atoms with van der Waals surface area (Å²) in [5.74, 6) is 3.80. The number of hydrogen-bond acceptors (Lipinski definition) is 2. The van der Waals surface area contributed by atoms with Gasteiger partial charge in [0.15, 0.2) is 0 Å². The zero-order chi connectivity index (χ0) is 9.64. The zero-order valence-electron chi connectivity index (χ0n) is 9.13. The first-order chi connectivity index (χ1) is 6.95. The molecule has 2 heteroatoms. The van der Waals surface area contributed by atoms with E-state index >= 15 is 0 Å². The molecule has 1 saturated carbocycles. The third-order valence-electron chi connectivity index (χ3n) is 3.63. The second-order valence-corrected chi connectivity index (χ2v) is 5.96. The highest BCUT2D eigenvalue weighted by Crippen LogP contribution is 2.28. The average Bonchev–Trinajstić information content (AvgIpc) is 2.86. The van der Waals surface area contributed by atoms with Crippen molar-refractivity contribution in [1.29, 1.82) is 0 Å². The van der Waals surface area contributed by atoms with E-state index in [-0.39, 0.29) is 0 Å². The SMILES string of the molecule is C1CCC(CCCNC2CCSC2)C1. The van der Waals surface area contributed by atoms with Crippen molar-refractivity contribution >= 4 is 11.8 Å². The summed E-state index contributed by atoms with van der Waals surface area (Å²) in [4.78, 5) is 0. The minimum Gasteiger partial charge on any atom is -0.313 e. The van der Waals surface area contributed by atoms with Crippen LogP contribution in [0.15, 0.2) is 0 Å². The smallest absolute Gasteiger partial charge is 0.0166 e. The quantitative estimate of drug-likeness (QED) is 0.705. The highest BCUT2D eigenvalue weighted by molar-refractivity contribution is 7.99. The van der Waals surface area contributed by atoms with Gasteiger partial charge in [0, 0.05) is 11.8 Å². The maximum atomic E-state index is 3.68. The fourth-order valence-electron chi connectivity index (χ4n) is 2.69. The molecule has 0 bridgehead atoms. The Morgan fingerprint density at radius 2 is 2.00 bits per heavy atom. The maximum absolute atomic E-state index is 3.68. The van der Waals surface area contributed by atoms with Crippen LogP contribution in [0.25, 0.3) is 0 Å². The predicted octanol–water partition coefficient (Wildman–Crippen LogP) is 3.05. The first kappa shape index (κ1) is 10.8. The van der Waals surface area contributed by atoms with Gasteiger partial charge in [-0.3, -0.25) is 0 Å². The van der Waals surface area contributed by atoms with Crippen molar-refractivity contribution in [3.63, 3.8) is 0 Å². The Morgan fingerprint density at radius 3 is 2.71 bits per heavy atom. The molecule has 0 amide bonds. The molecule has 1 unspecified atom stereocenters. The van der Waals surface area contributed by atoms with Gasteiger partial charge < -0.3 is 5.32 Å². The van der Waals surface area contributed by atoms with Crippen LogP contribution in [0.1, 0.15) is 44.9 Å². The standard InChI is InChI=1S/C12H23NS/c1-2-5-11(4-1)6-3-8-13-12-7-9-14-10-12/h11-13H,1-10H2. The van der Waals surface area contributed by atoms with E-state index in [1.165, 1.54) is 63.0 Å². The number of rotatable bonds is 5. The molecule has 0 aromatic carbocycles. The van der Waals surface area contributed by atoms with Crippen LogP contribution in [0.4, 0.5) is 0 Å². The van der Waals surface area contributed by atoms with Crippen LogP contribution < -0.4 is 5.32 Å². The summed E-state index contributed by atoms with van der Waals surface area (Å²) in [5, 5.41) is 3.68. The summed E-state index contributed by atoms with van der Waals surface area (Å²) in [5.41, 5.74) is 0. The Morgan fingerprint density at radius 1 is 1.14 bits per heavy atom. The van der Waals surface area contributed by atoms with Gasteiger partial charge in [-0.2, -0.15) is 11.8 Å². The molecule has 82 valence electrons.